The number of likely N-dealkylation sites (N-methyl/N-ethyl adjacent to an activating group) is 1. The second kappa shape index (κ2) is 8.94. The summed E-state index contributed by atoms with van der Waals surface area (Å²) in [5.41, 5.74) is 1.66. The normalized spacial score (nSPS) is 11.5. The highest BCUT2D eigenvalue weighted by atomic mass is 16.5. The summed E-state index contributed by atoms with van der Waals surface area (Å²) < 4.78 is 16.0. The summed E-state index contributed by atoms with van der Waals surface area (Å²) in [7, 11) is 6.77. The van der Waals surface area contributed by atoms with Crippen molar-refractivity contribution in [1.82, 2.24) is 0 Å². The summed E-state index contributed by atoms with van der Waals surface area (Å²) in [5, 5.41) is 2.89. The summed E-state index contributed by atoms with van der Waals surface area (Å²) in [6, 6.07) is 13.1. The standard InChI is InChI=1S/C19H24N2O4/c1-21(12-14-8-7-11-17(24-3)19(14)25-4)13-18(22)20-15-9-5-6-10-16(15)23-2/h5-11H,12-13H2,1-4H3,(H,20,22)/p+1. The van der Waals surface area contributed by atoms with Gasteiger partial charge in [-0.3, -0.25) is 4.79 Å². The van der Waals surface area contributed by atoms with Crippen LogP contribution in [0.3, 0.4) is 0 Å². The molecule has 0 radical (unpaired) electrons. The van der Waals surface area contributed by atoms with Gasteiger partial charge in [0.2, 0.25) is 0 Å². The number of nitrogens with one attached hydrogen (secondary N) is 2. The Bertz CT molecular complexity index is 718. The van der Waals surface area contributed by atoms with E-state index in [-0.39, 0.29) is 5.91 Å². The van der Waals surface area contributed by atoms with Crippen molar-refractivity contribution in [3.63, 3.8) is 0 Å². The fourth-order valence-electron chi connectivity index (χ4n) is 2.70. The summed E-state index contributed by atoms with van der Waals surface area (Å²) in [5.74, 6) is 1.95. The molecular weight excluding hydrogens is 320 g/mol. The Morgan fingerprint density at radius 1 is 0.960 bits per heavy atom. The summed E-state index contributed by atoms with van der Waals surface area (Å²) in [6.07, 6.45) is 0. The van der Waals surface area contributed by atoms with Crippen molar-refractivity contribution < 1.29 is 23.9 Å². The largest absolute Gasteiger partial charge is 0.495 e. The fraction of sp³-hybridized carbons (Fsp3) is 0.316. The monoisotopic (exact) mass is 345 g/mol. The molecular formula is C19H25N2O4+. The van der Waals surface area contributed by atoms with Gasteiger partial charge in [0.05, 0.1) is 39.6 Å². The van der Waals surface area contributed by atoms with Crippen LogP contribution in [0.1, 0.15) is 5.56 Å². The van der Waals surface area contributed by atoms with Gasteiger partial charge in [-0.15, -0.1) is 0 Å². The van der Waals surface area contributed by atoms with Gasteiger partial charge in [-0.2, -0.15) is 0 Å². The van der Waals surface area contributed by atoms with Gasteiger partial charge >= 0.3 is 0 Å². The first-order valence-corrected chi connectivity index (χ1v) is 8.03. The van der Waals surface area contributed by atoms with Gasteiger partial charge in [-0.1, -0.05) is 18.2 Å². The molecule has 6 heteroatoms. The Hall–Kier alpha value is -2.73. The maximum Gasteiger partial charge on any atom is 0.279 e. The molecule has 0 aliphatic carbocycles. The van der Waals surface area contributed by atoms with E-state index in [4.69, 9.17) is 14.2 Å². The molecule has 0 bridgehead atoms. The molecule has 1 atom stereocenters. The molecule has 0 saturated carbocycles. The predicted molar refractivity (Wildman–Crippen MR) is 96.6 cm³/mol. The number of rotatable bonds is 8. The molecule has 0 heterocycles. The lowest BCUT2D eigenvalue weighted by atomic mass is 10.1. The van der Waals surface area contributed by atoms with Crippen LogP contribution < -0.4 is 24.4 Å². The second-order valence-electron chi connectivity index (χ2n) is 5.71. The number of ether oxygens (including phenoxy) is 3. The topological polar surface area (TPSA) is 61.2 Å². The lowest BCUT2D eigenvalue weighted by molar-refractivity contribution is -0.885. The lowest BCUT2D eigenvalue weighted by Crippen LogP contribution is -3.08. The number of para-hydroxylation sites is 3. The molecule has 134 valence electrons. The van der Waals surface area contributed by atoms with Crippen molar-refractivity contribution in [3.8, 4) is 17.2 Å². The van der Waals surface area contributed by atoms with Crippen LogP contribution in [0.4, 0.5) is 5.69 Å². The van der Waals surface area contributed by atoms with Crippen LogP contribution in [0.2, 0.25) is 0 Å². The van der Waals surface area contributed by atoms with Gasteiger partial charge in [0.15, 0.2) is 18.0 Å². The third kappa shape index (κ3) is 4.87. The molecule has 0 fully saturated rings. The van der Waals surface area contributed by atoms with Gasteiger partial charge in [0, 0.05) is 0 Å². The molecule has 0 aliphatic heterocycles. The van der Waals surface area contributed by atoms with Crippen LogP contribution in [0.5, 0.6) is 17.2 Å². The molecule has 2 N–H and O–H groups in total. The van der Waals surface area contributed by atoms with Crippen molar-refractivity contribution in [2.24, 2.45) is 0 Å². The average Bonchev–Trinajstić information content (AvgIpc) is 2.61. The highest BCUT2D eigenvalue weighted by Crippen LogP contribution is 2.30. The van der Waals surface area contributed by atoms with Crippen LogP contribution in [-0.4, -0.2) is 40.8 Å². The Labute approximate surface area is 148 Å². The number of carbonyl (C=O) groups excluding carboxylic acids is 1. The Morgan fingerprint density at radius 2 is 1.64 bits per heavy atom. The first-order chi connectivity index (χ1) is 12.1. The van der Waals surface area contributed by atoms with Crippen LogP contribution >= 0.6 is 0 Å². The zero-order chi connectivity index (χ0) is 18.2. The number of carbonyl (C=O) groups is 1. The minimum atomic E-state index is -0.0798. The quantitative estimate of drug-likeness (QED) is 0.759. The van der Waals surface area contributed by atoms with E-state index in [1.165, 1.54) is 0 Å². The zero-order valence-corrected chi connectivity index (χ0v) is 15.1. The van der Waals surface area contributed by atoms with Crippen LogP contribution in [0, 0.1) is 0 Å². The highest BCUT2D eigenvalue weighted by molar-refractivity contribution is 5.92. The maximum absolute atomic E-state index is 12.3. The molecule has 1 amide bonds. The maximum atomic E-state index is 12.3. The van der Waals surface area contributed by atoms with Crippen molar-refractivity contribution in [1.29, 1.82) is 0 Å². The molecule has 6 nitrogen and oxygen atoms in total. The van der Waals surface area contributed by atoms with Crippen molar-refractivity contribution in [3.05, 3.63) is 48.0 Å². The number of methoxy groups -OCH3 is 3. The number of benzene rings is 2. The third-order valence-corrected chi connectivity index (χ3v) is 3.82. The Kier molecular flexibility index (Phi) is 6.65. The van der Waals surface area contributed by atoms with Gasteiger partial charge in [0.25, 0.3) is 5.91 Å². The first kappa shape index (κ1) is 18.6. The Morgan fingerprint density at radius 3 is 2.32 bits per heavy atom. The molecule has 1 unspecified atom stereocenters. The zero-order valence-electron chi connectivity index (χ0n) is 15.1. The van der Waals surface area contributed by atoms with Gasteiger partial charge < -0.3 is 24.4 Å². The fourth-order valence-corrected chi connectivity index (χ4v) is 2.70. The molecule has 2 aromatic rings. The predicted octanol–water partition coefficient (Wildman–Crippen LogP) is 1.37. The van der Waals surface area contributed by atoms with Gasteiger partial charge in [-0.05, 0) is 24.3 Å². The number of hydrogen-bond donors (Lipinski definition) is 2. The van der Waals surface area contributed by atoms with E-state index >= 15 is 0 Å². The summed E-state index contributed by atoms with van der Waals surface area (Å²) >= 11 is 0. The van der Waals surface area contributed by atoms with E-state index in [0.717, 1.165) is 10.5 Å². The van der Waals surface area contributed by atoms with Crippen LogP contribution in [0.25, 0.3) is 0 Å². The van der Waals surface area contributed by atoms with E-state index in [2.05, 4.69) is 5.32 Å². The number of anilines is 1. The minimum absolute atomic E-state index is 0.0798. The molecule has 2 rings (SSSR count). The average molecular weight is 345 g/mol. The van der Waals surface area contributed by atoms with E-state index in [1.54, 1.807) is 21.3 Å². The first-order valence-electron chi connectivity index (χ1n) is 8.03. The summed E-state index contributed by atoms with van der Waals surface area (Å²) in [6.45, 7) is 0.956. The molecule has 0 saturated heterocycles. The SMILES string of the molecule is COc1ccccc1NC(=O)C[NH+](C)Cc1cccc(OC)c1OC. The number of hydrogen-bond acceptors (Lipinski definition) is 4. The molecule has 0 aliphatic rings. The molecule has 0 aromatic heterocycles. The highest BCUT2D eigenvalue weighted by Gasteiger charge is 2.16. The summed E-state index contributed by atoms with van der Waals surface area (Å²) in [4.78, 5) is 13.3. The van der Waals surface area contributed by atoms with E-state index in [1.807, 2.05) is 49.5 Å². The van der Waals surface area contributed by atoms with Gasteiger partial charge in [0.1, 0.15) is 12.3 Å². The van der Waals surface area contributed by atoms with E-state index < -0.39 is 0 Å². The van der Waals surface area contributed by atoms with Crippen molar-refractivity contribution in [2.75, 3.05) is 40.2 Å². The number of quaternary nitrogens is 1. The molecule has 0 spiro atoms. The smallest absolute Gasteiger partial charge is 0.279 e. The second-order valence-corrected chi connectivity index (χ2v) is 5.71. The number of amides is 1. The lowest BCUT2D eigenvalue weighted by Gasteiger charge is -2.17. The minimum Gasteiger partial charge on any atom is -0.495 e. The van der Waals surface area contributed by atoms with Gasteiger partial charge in [-0.25, -0.2) is 0 Å². The third-order valence-electron chi connectivity index (χ3n) is 3.82. The van der Waals surface area contributed by atoms with Crippen LogP contribution in [0.15, 0.2) is 42.5 Å². The van der Waals surface area contributed by atoms with Crippen molar-refractivity contribution >= 4 is 11.6 Å². The molecule has 2 aromatic carbocycles. The van der Waals surface area contributed by atoms with Crippen molar-refractivity contribution in [2.45, 2.75) is 6.54 Å². The van der Waals surface area contributed by atoms with Crippen LogP contribution in [-0.2, 0) is 11.3 Å². The van der Waals surface area contributed by atoms with E-state index in [9.17, 15) is 4.79 Å². The Balaban J connectivity index is 2.00. The van der Waals surface area contributed by atoms with E-state index in [0.29, 0.717) is 36.0 Å². The molecule has 25 heavy (non-hydrogen) atoms.